The first-order valence-corrected chi connectivity index (χ1v) is 13.8. The molecule has 1 saturated heterocycles. The quantitative estimate of drug-likeness (QED) is 0.338. The lowest BCUT2D eigenvalue weighted by molar-refractivity contribution is -0.146. The molecule has 2 heterocycles. The van der Waals surface area contributed by atoms with E-state index in [9.17, 15) is 9.59 Å². The smallest absolute Gasteiger partial charge is 0.250 e. The summed E-state index contributed by atoms with van der Waals surface area (Å²) in [5.41, 5.74) is 4.24. The lowest BCUT2D eigenvalue weighted by Gasteiger charge is -2.39. The van der Waals surface area contributed by atoms with Gasteiger partial charge >= 0.3 is 0 Å². The van der Waals surface area contributed by atoms with E-state index in [0.717, 1.165) is 40.9 Å². The number of nitrogens with one attached hydrogen (secondary N) is 1. The molecule has 0 bridgehead atoms. The van der Waals surface area contributed by atoms with Crippen LogP contribution in [0.3, 0.4) is 0 Å². The molecule has 1 N–H and O–H groups in total. The number of anilines is 2. The van der Waals surface area contributed by atoms with E-state index in [1.165, 1.54) is 0 Å². The maximum Gasteiger partial charge on any atom is 0.250 e. The van der Waals surface area contributed by atoms with Crippen molar-refractivity contribution in [2.45, 2.75) is 45.8 Å². The van der Waals surface area contributed by atoms with E-state index < -0.39 is 5.54 Å². The molecular weight excluding hydrogens is 504 g/mol. The van der Waals surface area contributed by atoms with Gasteiger partial charge in [-0.3, -0.25) is 9.59 Å². The minimum atomic E-state index is -1.11. The van der Waals surface area contributed by atoms with Crippen LogP contribution in [0.15, 0.2) is 72.8 Å². The van der Waals surface area contributed by atoms with E-state index in [2.05, 4.69) is 20.5 Å². The third kappa shape index (κ3) is 5.84. The van der Waals surface area contributed by atoms with Crippen molar-refractivity contribution in [1.82, 2.24) is 19.9 Å². The minimum Gasteiger partial charge on any atom is -0.378 e. The number of benzene rings is 3. The van der Waals surface area contributed by atoms with Gasteiger partial charge in [0.25, 0.3) is 0 Å². The second-order valence-electron chi connectivity index (χ2n) is 10.4. The number of carbonyl (C=O) groups excluding carboxylic acids is 2. The molecule has 9 nitrogen and oxygen atoms in total. The zero-order valence-electron chi connectivity index (χ0n) is 23.3. The van der Waals surface area contributed by atoms with Crippen molar-refractivity contribution in [3.05, 3.63) is 83.9 Å². The first-order valence-electron chi connectivity index (χ1n) is 13.8. The van der Waals surface area contributed by atoms with Crippen LogP contribution in [0.2, 0.25) is 0 Å². The summed E-state index contributed by atoms with van der Waals surface area (Å²) in [6, 6.07) is 23.4. The highest BCUT2D eigenvalue weighted by Crippen LogP contribution is 2.27. The average Bonchev–Trinajstić information content (AvgIpc) is 3.39. The Balaban J connectivity index is 1.39. The number of nitrogens with zero attached hydrogens (tertiary/aromatic N) is 5. The van der Waals surface area contributed by atoms with E-state index in [1.54, 1.807) is 9.58 Å². The van der Waals surface area contributed by atoms with Crippen molar-refractivity contribution in [1.29, 1.82) is 0 Å². The van der Waals surface area contributed by atoms with Gasteiger partial charge in [0.1, 0.15) is 17.6 Å². The standard InChI is InChI=1S/C31H36N6O3/c1-4-31(3,30(39)32-25-13-15-26(16-14-25)35-17-19-40-20-18-35)36(21-24-11-9-23(2)10-12-24)29(38)22-37-28-8-6-5-7-27(28)33-34-37/h5-16H,4,17-22H2,1-3H3,(H,32,39). The molecule has 1 aliphatic rings. The Morgan fingerprint density at radius 3 is 2.40 bits per heavy atom. The highest BCUT2D eigenvalue weighted by atomic mass is 16.5. The number of aryl methyl sites for hydroxylation is 1. The number of hydrogen-bond donors (Lipinski definition) is 1. The molecule has 9 heteroatoms. The predicted molar refractivity (Wildman–Crippen MR) is 156 cm³/mol. The molecule has 0 spiro atoms. The number of amides is 2. The van der Waals surface area contributed by atoms with Crippen LogP contribution in [0.1, 0.15) is 31.4 Å². The number of rotatable bonds is 9. The average molecular weight is 541 g/mol. The summed E-state index contributed by atoms with van der Waals surface area (Å²) < 4.78 is 7.05. The van der Waals surface area contributed by atoms with Crippen molar-refractivity contribution >= 4 is 34.2 Å². The van der Waals surface area contributed by atoms with Crippen LogP contribution in [0.4, 0.5) is 11.4 Å². The summed E-state index contributed by atoms with van der Waals surface area (Å²) >= 11 is 0. The molecule has 3 aromatic carbocycles. The minimum absolute atomic E-state index is 0.0243. The van der Waals surface area contributed by atoms with Gasteiger partial charge in [-0.05, 0) is 62.2 Å². The van der Waals surface area contributed by atoms with E-state index in [0.29, 0.717) is 31.9 Å². The molecule has 2 amide bonds. The highest BCUT2D eigenvalue weighted by molar-refractivity contribution is 6.00. The Hall–Kier alpha value is -4.24. The summed E-state index contributed by atoms with van der Waals surface area (Å²) in [6.07, 6.45) is 0.431. The normalized spacial score (nSPS) is 15.0. The summed E-state index contributed by atoms with van der Waals surface area (Å²) in [6.45, 7) is 9.16. The van der Waals surface area contributed by atoms with Gasteiger partial charge in [-0.25, -0.2) is 4.68 Å². The topological polar surface area (TPSA) is 92.6 Å². The molecule has 0 saturated carbocycles. The fourth-order valence-electron chi connectivity index (χ4n) is 4.98. The fourth-order valence-corrected chi connectivity index (χ4v) is 4.98. The lowest BCUT2D eigenvalue weighted by Crippen LogP contribution is -2.57. The van der Waals surface area contributed by atoms with E-state index in [-0.39, 0.29) is 18.4 Å². The van der Waals surface area contributed by atoms with Gasteiger partial charge in [-0.1, -0.05) is 54.1 Å². The molecular formula is C31H36N6O3. The second-order valence-corrected chi connectivity index (χ2v) is 10.4. The predicted octanol–water partition coefficient (Wildman–Crippen LogP) is 4.41. The molecule has 1 atom stereocenters. The number of ether oxygens (including phenoxy) is 1. The van der Waals surface area contributed by atoms with Crippen molar-refractivity contribution in [2.24, 2.45) is 0 Å². The van der Waals surface area contributed by atoms with E-state index in [1.807, 2.05) is 93.6 Å². The highest BCUT2D eigenvalue weighted by Gasteiger charge is 2.41. The molecule has 40 heavy (non-hydrogen) atoms. The van der Waals surface area contributed by atoms with Crippen LogP contribution in [0, 0.1) is 6.92 Å². The van der Waals surface area contributed by atoms with E-state index >= 15 is 0 Å². The van der Waals surface area contributed by atoms with Crippen molar-refractivity contribution < 1.29 is 14.3 Å². The van der Waals surface area contributed by atoms with Crippen molar-refractivity contribution in [2.75, 3.05) is 36.5 Å². The molecule has 1 aromatic heterocycles. The molecule has 1 unspecified atom stereocenters. The summed E-state index contributed by atoms with van der Waals surface area (Å²) in [7, 11) is 0. The molecule has 1 fully saturated rings. The van der Waals surface area contributed by atoms with Gasteiger partial charge in [0.05, 0.1) is 18.7 Å². The summed E-state index contributed by atoms with van der Waals surface area (Å²) in [5, 5.41) is 11.5. The van der Waals surface area contributed by atoms with Crippen molar-refractivity contribution in [3.8, 4) is 0 Å². The van der Waals surface area contributed by atoms with Gasteiger partial charge in [0.15, 0.2) is 0 Å². The van der Waals surface area contributed by atoms with Gasteiger partial charge in [-0.15, -0.1) is 5.10 Å². The monoisotopic (exact) mass is 540 g/mol. The Labute approximate surface area is 234 Å². The van der Waals surface area contributed by atoms with Crippen molar-refractivity contribution in [3.63, 3.8) is 0 Å². The maximum absolute atomic E-state index is 13.9. The first-order chi connectivity index (χ1) is 19.4. The van der Waals surface area contributed by atoms with Crippen LogP contribution in [0.5, 0.6) is 0 Å². The third-order valence-electron chi connectivity index (χ3n) is 7.74. The Morgan fingerprint density at radius 1 is 1.00 bits per heavy atom. The molecule has 208 valence electrons. The molecule has 5 rings (SSSR count). The van der Waals surface area contributed by atoms with Gasteiger partial charge in [0.2, 0.25) is 11.8 Å². The fraction of sp³-hybridized carbons (Fsp3) is 0.355. The number of fused-ring (bicyclic) bond motifs is 1. The van der Waals surface area contributed by atoms with Gasteiger partial charge < -0.3 is 19.9 Å². The Morgan fingerprint density at radius 2 is 1.70 bits per heavy atom. The SMILES string of the molecule is CCC(C)(C(=O)Nc1ccc(N2CCOCC2)cc1)N(Cc1ccc(C)cc1)C(=O)Cn1nnc2ccccc21. The zero-order chi connectivity index (χ0) is 28.1. The van der Waals surface area contributed by atoms with Crippen LogP contribution < -0.4 is 10.2 Å². The Bertz CT molecular complexity index is 1460. The van der Waals surface area contributed by atoms with Crippen LogP contribution in [0.25, 0.3) is 11.0 Å². The number of para-hydroxylation sites is 1. The van der Waals surface area contributed by atoms with Gasteiger partial charge in [-0.2, -0.15) is 0 Å². The zero-order valence-corrected chi connectivity index (χ0v) is 23.3. The summed E-state index contributed by atoms with van der Waals surface area (Å²) in [4.78, 5) is 31.8. The Kier molecular flexibility index (Phi) is 8.11. The maximum atomic E-state index is 13.9. The number of hydrogen-bond acceptors (Lipinski definition) is 6. The third-order valence-corrected chi connectivity index (χ3v) is 7.74. The van der Waals surface area contributed by atoms with Crippen LogP contribution in [-0.4, -0.2) is 63.6 Å². The van der Waals surface area contributed by atoms with Crippen LogP contribution in [-0.2, 0) is 27.4 Å². The number of aromatic nitrogens is 3. The summed E-state index contributed by atoms with van der Waals surface area (Å²) in [5.74, 6) is -0.448. The largest absolute Gasteiger partial charge is 0.378 e. The molecule has 0 aliphatic carbocycles. The molecule has 4 aromatic rings. The number of morpholine rings is 1. The second kappa shape index (κ2) is 11.9. The lowest BCUT2D eigenvalue weighted by atomic mass is 9.93. The number of carbonyl (C=O) groups is 2. The molecule has 0 radical (unpaired) electrons. The van der Waals surface area contributed by atoms with Gasteiger partial charge in [0, 0.05) is 31.0 Å². The first kappa shape index (κ1) is 27.3. The van der Waals surface area contributed by atoms with Crippen LogP contribution >= 0.6 is 0 Å². The van der Waals surface area contributed by atoms with E-state index in [4.69, 9.17) is 4.74 Å². The molecule has 1 aliphatic heterocycles.